The number of Topliss-reactive ketones (excluding diaryl/α,β-unsaturated/α-hetero) is 1. The van der Waals surface area contributed by atoms with Crippen LogP contribution in [0.5, 0.6) is 17.2 Å². The number of likely N-dealkylation sites (tertiary alicyclic amines) is 1. The molecule has 1 fully saturated rings. The maximum atomic E-state index is 13.4. The molecule has 3 aromatic rings. The topological polar surface area (TPSA) is 88.5 Å². The Bertz CT molecular complexity index is 1360. The molecule has 0 aliphatic carbocycles. The molecule has 37 heavy (non-hydrogen) atoms. The molecule has 2 aliphatic rings. The summed E-state index contributed by atoms with van der Waals surface area (Å²) in [4.78, 5) is 30.2. The van der Waals surface area contributed by atoms with Crippen molar-refractivity contribution in [2.24, 2.45) is 0 Å². The van der Waals surface area contributed by atoms with Crippen LogP contribution in [0, 0.1) is 0 Å². The van der Waals surface area contributed by atoms with Gasteiger partial charge in [-0.3, -0.25) is 9.59 Å². The summed E-state index contributed by atoms with van der Waals surface area (Å²) in [6.07, 6.45) is 0. The van der Waals surface area contributed by atoms with Gasteiger partial charge < -0.3 is 29.1 Å². The molecule has 8 nitrogen and oxygen atoms in total. The lowest BCUT2D eigenvalue weighted by molar-refractivity contribution is -0.140. The molecule has 3 aromatic carbocycles. The highest BCUT2D eigenvalue weighted by Crippen LogP contribution is 2.42. The molecule has 0 aromatic heterocycles. The van der Waals surface area contributed by atoms with E-state index in [-0.39, 0.29) is 24.7 Å². The number of rotatable bonds is 7. The van der Waals surface area contributed by atoms with Crippen LogP contribution in [0.15, 0.2) is 72.3 Å². The molecule has 8 heteroatoms. The van der Waals surface area contributed by atoms with Crippen molar-refractivity contribution in [2.75, 3.05) is 32.4 Å². The highest BCUT2D eigenvalue weighted by Gasteiger charge is 2.46. The summed E-state index contributed by atoms with van der Waals surface area (Å²) < 4.78 is 16.3. The summed E-state index contributed by atoms with van der Waals surface area (Å²) in [5, 5.41) is 11.4. The summed E-state index contributed by atoms with van der Waals surface area (Å²) in [6, 6.07) is 19.2. The standard InChI is InChI=1S/C29H28N2O6/c1-4-35-22-12-5-18(6-13-22)16-31-26(19-7-10-21(11-8-19)30(2)3)25(28(33)29(31)34)27(32)20-9-14-23-24(15-20)37-17-36-23/h5-15,26,32H,4,16-17H2,1-3H3/b27-25-. The van der Waals surface area contributed by atoms with Crippen LogP contribution in [-0.2, 0) is 16.1 Å². The fraction of sp³-hybridized carbons (Fsp3) is 0.241. The van der Waals surface area contributed by atoms with Crippen LogP contribution in [0.1, 0.15) is 29.7 Å². The van der Waals surface area contributed by atoms with Crippen molar-refractivity contribution in [1.29, 1.82) is 0 Å². The molecule has 1 unspecified atom stereocenters. The average molecular weight is 501 g/mol. The van der Waals surface area contributed by atoms with E-state index in [2.05, 4.69) is 0 Å². The molecular formula is C29H28N2O6. The predicted molar refractivity (Wildman–Crippen MR) is 139 cm³/mol. The number of hydrogen-bond acceptors (Lipinski definition) is 7. The van der Waals surface area contributed by atoms with Crippen LogP contribution < -0.4 is 19.1 Å². The molecule has 1 amide bonds. The lowest BCUT2D eigenvalue weighted by Gasteiger charge is -2.26. The first kappa shape index (κ1) is 24.2. The van der Waals surface area contributed by atoms with E-state index in [4.69, 9.17) is 14.2 Å². The monoisotopic (exact) mass is 500 g/mol. The number of aliphatic hydroxyl groups excluding tert-OH is 1. The van der Waals surface area contributed by atoms with Crippen molar-refractivity contribution in [1.82, 2.24) is 4.90 Å². The number of nitrogens with zero attached hydrogens (tertiary/aromatic N) is 2. The van der Waals surface area contributed by atoms with Gasteiger partial charge in [0.05, 0.1) is 18.2 Å². The van der Waals surface area contributed by atoms with Gasteiger partial charge in [0.1, 0.15) is 11.5 Å². The van der Waals surface area contributed by atoms with Crippen LogP contribution >= 0.6 is 0 Å². The molecular weight excluding hydrogens is 472 g/mol. The summed E-state index contributed by atoms with van der Waals surface area (Å²) in [5.41, 5.74) is 2.94. The predicted octanol–water partition coefficient (Wildman–Crippen LogP) is 4.50. The molecule has 0 bridgehead atoms. The van der Waals surface area contributed by atoms with E-state index in [0.29, 0.717) is 23.7 Å². The SMILES string of the molecule is CCOc1ccc(CN2C(=O)C(=O)/C(=C(\O)c3ccc4c(c3)OCO4)C2c2ccc(N(C)C)cc2)cc1. The van der Waals surface area contributed by atoms with Crippen molar-refractivity contribution in [2.45, 2.75) is 19.5 Å². The smallest absolute Gasteiger partial charge is 0.295 e. The third-order valence-corrected chi connectivity index (χ3v) is 6.50. The zero-order chi connectivity index (χ0) is 26.1. The number of carbonyl (C=O) groups excluding carboxylic acids is 2. The second-order valence-electron chi connectivity index (χ2n) is 9.06. The molecule has 2 heterocycles. The van der Waals surface area contributed by atoms with Crippen molar-refractivity contribution in [3.05, 3.63) is 89.0 Å². The Hall–Kier alpha value is -4.46. The molecule has 1 N–H and O–H groups in total. The molecule has 1 atom stereocenters. The van der Waals surface area contributed by atoms with Gasteiger partial charge >= 0.3 is 0 Å². The zero-order valence-corrected chi connectivity index (χ0v) is 20.9. The summed E-state index contributed by atoms with van der Waals surface area (Å²) >= 11 is 0. The first-order chi connectivity index (χ1) is 17.9. The molecule has 190 valence electrons. The number of carbonyl (C=O) groups is 2. The van der Waals surface area contributed by atoms with Crippen molar-refractivity contribution < 1.29 is 28.9 Å². The Balaban J connectivity index is 1.58. The first-order valence-electron chi connectivity index (χ1n) is 12.0. The van der Waals surface area contributed by atoms with Crippen LogP contribution in [0.2, 0.25) is 0 Å². The third-order valence-electron chi connectivity index (χ3n) is 6.50. The number of hydrogen-bond donors (Lipinski definition) is 1. The second kappa shape index (κ2) is 9.89. The largest absolute Gasteiger partial charge is 0.507 e. The number of aliphatic hydroxyl groups is 1. The number of ketones is 1. The van der Waals surface area contributed by atoms with E-state index in [1.54, 1.807) is 18.2 Å². The number of ether oxygens (including phenoxy) is 3. The van der Waals surface area contributed by atoms with Crippen LogP contribution in [-0.4, -0.2) is 49.2 Å². The van der Waals surface area contributed by atoms with E-state index in [0.717, 1.165) is 22.6 Å². The number of amides is 1. The van der Waals surface area contributed by atoms with E-state index in [1.807, 2.05) is 74.4 Å². The van der Waals surface area contributed by atoms with Gasteiger partial charge in [-0.25, -0.2) is 0 Å². The highest BCUT2D eigenvalue weighted by atomic mass is 16.7. The Kier molecular flexibility index (Phi) is 6.48. The lowest BCUT2D eigenvalue weighted by atomic mass is 9.94. The molecule has 5 rings (SSSR count). The minimum absolute atomic E-state index is 0.0346. The Morgan fingerprint density at radius 2 is 1.70 bits per heavy atom. The minimum atomic E-state index is -0.770. The molecule has 2 aliphatic heterocycles. The van der Waals surface area contributed by atoms with Crippen LogP contribution in [0.25, 0.3) is 5.76 Å². The van der Waals surface area contributed by atoms with Gasteiger partial charge in [-0.2, -0.15) is 0 Å². The van der Waals surface area contributed by atoms with Crippen molar-refractivity contribution in [3.63, 3.8) is 0 Å². The Morgan fingerprint density at radius 3 is 2.38 bits per heavy atom. The maximum absolute atomic E-state index is 13.4. The number of anilines is 1. The highest BCUT2D eigenvalue weighted by molar-refractivity contribution is 6.46. The summed E-state index contributed by atoms with van der Waals surface area (Å²) in [7, 11) is 3.87. The summed E-state index contributed by atoms with van der Waals surface area (Å²) in [5.74, 6) is 0.1000. The van der Waals surface area contributed by atoms with E-state index < -0.39 is 17.7 Å². The van der Waals surface area contributed by atoms with Gasteiger partial charge in [-0.05, 0) is 60.5 Å². The van der Waals surface area contributed by atoms with Gasteiger partial charge in [0, 0.05) is 31.9 Å². The van der Waals surface area contributed by atoms with E-state index >= 15 is 0 Å². The fourth-order valence-corrected chi connectivity index (χ4v) is 4.60. The number of fused-ring (bicyclic) bond motifs is 1. The number of benzene rings is 3. The van der Waals surface area contributed by atoms with Gasteiger partial charge in [-0.15, -0.1) is 0 Å². The van der Waals surface area contributed by atoms with Crippen LogP contribution in [0.3, 0.4) is 0 Å². The van der Waals surface area contributed by atoms with Gasteiger partial charge in [0.2, 0.25) is 6.79 Å². The molecule has 1 saturated heterocycles. The quantitative estimate of drug-likeness (QED) is 0.290. The van der Waals surface area contributed by atoms with Gasteiger partial charge in [-0.1, -0.05) is 24.3 Å². The molecule has 0 spiro atoms. The van der Waals surface area contributed by atoms with Crippen molar-refractivity contribution >= 4 is 23.1 Å². The Morgan fingerprint density at radius 1 is 1.00 bits per heavy atom. The minimum Gasteiger partial charge on any atom is -0.507 e. The third kappa shape index (κ3) is 4.58. The first-order valence-corrected chi connectivity index (χ1v) is 12.0. The van der Waals surface area contributed by atoms with Gasteiger partial charge in [0.25, 0.3) is 11.7 Å². The Labute approximate surface area is 215 Å². The van der Waals surface area contributed by atoms with Gasteiger partial charge in [0.15, 0.2) is 11.5 Å². The van der Waals surface area contributed by atoms with E-state index in [9.17, 15) is 14.7 Å². The molecule has 0 radical (unpaired) electrons. The normalized spacial score (nSPS) is 17.8. The molecule has 0 saturated carbocycles. The lowest BCUT2D eigenvalue weighted by Crippen LogP contribution is -2.29. The second-order valence-corrected chi connectivity index (χ2v) is 9.06. The van der Waals surface area contributed by atoms with Crippen LogP contribution in [0.4, 0.5) is 5.69 Å². The average Bonchev–Trinajstić information content (AvgIpc) is 3.47. The maximum Gasteiger partial charge on any atom is 0.295 e. The summed E-state index contributed by atoms with van der Waals surface area (Å²) in [6.45, 7) is 2.74. The fourth-order valence-electron chi connectivity index (χ4n) is 4.60. The van der Waals surface area contributed by atoms with Crippen molar-refractivity contribution in [3.8, 4) is 17.2 Å². The van der Waals surface area contributed by atoms with E-state index in [1.165, 1.54) is 4.90 Å². The zero-order valence-electron chi connectivity index (χ0n) is 20.9.